The summed E-state index contributed by atoms with van der Waals surface area (Å²) >= 11 is 0. The third-order valence-corrected chi connectivity index (χ3v) is 4.98. The molecule has 2 fully saturated rings. The molecule has 2 aliphatic rings. The Bertz CT molecular complexity index is 499. The molecule has 0 bridgehead atoms. The predicted octanol–water partition coefficient (Wildman–Crippen LogP) is 2.78. The lowest BCUT2D eigenvalue weighted by Crippen LogP contribution is -2.27. The molecule has 1 saturated carbocycles. The Labute approximate surface area is 126 Å². The molecule has 21 heavy (non-hydrogen) atoms. The van der Waals surface area contributed by atoms with Crippen molar-refractivity contribution in [3.8, 4) is 0 Å². The predicted molar refractivity (Wildman–Crippen MR) is 82.5 cm³/mol. The zero-order valence-electron chi connectivity index (χ0n) is 12.3. The number of hydrogen-bond acceptors (Lipinski definition) is 3. The molecule has 0 radical (unpaired) electrons. The first-order valence-electron chi connectivity index (χ1n) is 7.81. The van der Waals surface area contributed by atoms with Crippen LogP contribution >= 0.6 is 0 Å². The number of fused-ring (bicyclic) bond motifs is 1. The highest BCUT2D eigenvalue weighted by Crippen LogP contribution is 2.45. The SMILES string of the molecule is C=CCC1C(C(=O)OCc2ccccc2)CC2CNCC21. The van der Waals surface area contributed by atoms with Crippen LogP contribution in [0.3, 0.4) is 0 Å². The number of ether oxygens (including phenoxy) is 1. The average molecular weight is 285 g/mol. The summed E-state index contributed by atoms with van der Waals surface area (Å²) in [6.07, 6.45) is 3.82. The van der Waals surface area contributed by atoms with Crippen molar-refractivity contribution in [2.75, 3.05) is 13.1 Å². The Kier molecular flexibility index (Phi) is 4.39. The lowest BCUT2D eigenvalue weighted by molar-refractivity contribution is -0.151. The quantitative estimate of drug-likeness (QED) is 0.668. The van der Waals surface area contributed by atoms with Gasteiger partial charge in [0, 0.05) is 0 Å². The van der Waals surface area contributed by atoms with Crippen molar-refractivity contribution in [1.29, 1.82) is 0 Å². The fourth-order valence-corrected chi connectivity index (χ4v) is 3.95. The van der Waals surface area contributed by atoms with Crippen molar-refractivity contribution in [3.05, 3.63) is 48.6 Å². The number of carbonyl (C=O) groups excluding carboxylic acids is 1. The number of nitrogens with one attached hydrogen (secondary N) is 1. The van der Waals surface area contributed by atoms with Crippen molar-refractivity contribution < 1.29 is 9.53 Å². The maximum absolute atomic E-state index is 12.5. The first-order chi connectivity index (χ1) is 10.3. The van der Waals surface area contributed by atoms with E-state index in [9.17, 15) is 4.79 Å². The first kappa shape index (κ1) is 14.3. The second-order valence-electron chi connectivity index (χ2n) is 6.21. The molecular formula is C18H23NO2. The van der Waals surface area contributed by atoms with Gasteiger partial charge in [-0.1, -0.05) is 36.4 Å². The highest BCUT2D eigenvalue weighted by Gasteiger charge is 2.48. The number of benzene rings is 1. The highest BCUT2D eigenvalue weighted by atomic mass is 16.5. The molecule has 1 heterocycles. The fraction of sp³-hybridized carbons (Fsp3) is 0.500. The van der Waals surface area contributed by atoms with Gasteiger partial charge in [0.2, 0.25) is 0 Å². The van der Waals surface area contributed by atoms with E-state index in [1.165, 1.54) is 0 Å². The van der Waals surface area contributed by atoms with Gasteiger partial charge in [0.15, 0.2) is 0 Å². The van der Waals surface area contributed by atoms with Crippen LogP contribution in [-0.4, -0.2) is 19.1 Å². The van der Waals surface area contributed by atoms with E-state index >= 15 is 0 Å². The molecule has 0 amide bonds. The Morgan fingerprint density at radius 2 is 2.14 bits per heavy atom. The van der Waals surface area contributed by atoms with Gasteiger partial charge in [0.1, 0.15) is 6.61 Å². The summed E-state index contributed by atoms with van der Waals surface area (Å²) in [6, 6.07) is 9.88. The van der Waals surface area contributed by atoms with Crippen molar-refractivity contribution in [1.82, 2.24) is 5.32 Å². The van der Waals surface area contributed by atoms with Gasteiger partial charge < -0.3 is 10.1 Å². The number of carbonyl (C=O) groups is 1. The molecular weight excluding hydrogens is 262 g/mol. The maximum atomic E-state index is 12.5. The molecule has 1 N–H and O–H groups in total. The van der Waals surface area contributed by atoms with Crippen LogP contribution in [0.25, 0.3) is 0 Å². The van der Waals surface area contributed by atoms with E-state index in [0.29, 0.717) is 24.4 Å². The zero-order valence-corrected chi connectivity index (χ0v) is 12.3. The molecule has 0 aromatic heterocycles. The van der Waals surface area contributed by atoms with E-state index in [1.807, 2.05) is 36.4 Å². The van der Waals surface area contributed by atoms with E-state index in [-0.39, 0.29) is 11.9 Å². The van der Waals surface area contributed by atoms with Crippen LogP contribution in [0.15, 0.2) is 43.0 Å². The summed E-state index contributed by atoms with van der Waals surface area (Å²) in [5, 5.41) is 3.44. The molecule has 1 aliphatic carbocycles. The number of esters is 1. The van der Waals surface area contributed by atoms with Crippen LogP contribution in [0.5, 0.6) is 0 Å². The summed E-state index contributed by atoms with van der Waals surface area (Å²) in [6.45, 7) is 6.31. The summed E-state index contributed by atoms with van der Waals surface area (Å²) in [5.41, 5.74) is 1.05. The largest absolute Gasteiger partial charge is 0.461 e. The summed E-state index contributed by atoms with van der Waals surface area (Å²) in [5.74, 6) is 1.65. The van der Waals surface area contributed by atoms with Crippen LogP contribution in [0, 0.1) is 23.7 Å². The van der Waals surface area contributed by atoms with E-state index in [2.05, 4.69) is 11.9 Å². The number of hydrogen-bond donors (Lipinski definition) is 1. The van der Waals surface area contributed by atoms with E-state index in [1.54, 1.807) is 0 Å². The van der Waals surface area contributed by atoms with Crippen LogP contribution in [0.4, 0.5) is 0 Å². The maximum Gasteiger partial charge on any atom is 0.309 e. The van der Waals surface area contributed by atoms with Gasteiger partial charge >= 0.3 is 5.97 Å². The monoisotopic (exact) mass is 285 g/mol. The average Bonchev–Trinajstić information content (AvgIpc) is 3.09. The molecule has 1 saturated heterocycles. The highest BCUT2D eigenvalue weighted by molar-refractivity contribution is 5.73. The van der Waals surface area contributed by atoms with Crippen LogP contribution in [0.2, 0.25) is 0 Å². The molecule has 4 unspecified atom stereocenters. The van der Waals surface area contributed by atoms with Gasteiger partial charge in [0.25, 0.3) is 0 Å². The zero-order chi connectivity index (χ0) is 14.7. The smallest absolute Gasteiger partial charge is 0.309 e. The van der Waals surface area contributed by atoms with Gasteiger partial charge in [-0.15, -0.1) is 6.58 Å². The lowest BCUT2D eigenvalue weighted by atomic mass is 9.86. The molecule has 4 atom stereocenters. The van der Waals surface area contributed by atoms with Gasteiger partial charge in [-0.3, -0.25) is 4.79 Å². The van der Waals surface area contributed by atoms with Gasteiger partial charge in [-0.25, -0.2) is 0 Å². The van der Waals surface area contributed by atoms with Gasteiger partial charge in [0.05, 0.1) is 5.92 Å². The fourth-order valence-electron chi connectivity index (χ4n) is 3.95. The second-order valence-corrected chi connectivity index (χ2v) is 6.21. The minimum atomic E-state index is -0.0277. The van der Waals surface area contributed by atoms with Gasteiger partial charge in [-0.2, -0.15) is 0 Å². The van der Waals surface area contributed by atoms with Crippen molar-refractivity contribution in [2.45, 2.75) is 19.4 Å². The van der Waals surface area contributed by atoms with E-state index < -0.39 is 0 Å². The number of rotatable bonds is 5. The number of allylic oxidation sites excluding steroid dienone is 1. The van der Waals surface area contributed by atoms with Crippen molar-refractivity contribution in [2.24, 2.45) is 23.7 Å². The Morgan fingerprint density at radius 3 is 2.90 bits per heavy atom. The van der Waals surface area contributed by atoms with Crippen LogP contribution < -0.4 is 5.32 Å². The summed E-state index contributed by atoms with van der Waals surface area (Å²) < 4.78 is 5.56. The first-order valence-corrected chi connectivity index (χ1v) is 7.81. The molecule has 3 heteroatoms. The third-order valence-electron chi connectivity index (χ3n) is 4.98. The molecule has 1 aromatic carbocycles. The lowest BCUT2D eigenvalue weighted by Gasteiger charge is -2.21. The van der Waals surface area contributed by atoms with Crippen LogP contribution in [-0.2, 0) is 16.1 Å². The molecule has 112 valence electrons. The second kappa shape index (κ2) is 6.44. The topological polar surface area (TPSA) is 38.3 Å². The Balaban J connectivity index is 1.62. The van der Waals surface area contributed by atoms with Gasteiger partial charge in [-0.05, 0) is 49.2 Å². The standard InChI is InChI=1S/C18H23NO2/c1-2-6-15-16(9-14-10-19-11-17(14)15)18(20)21-12-13-7-4-3-5-8-13/h2-5,7-8,14-17,19H,1,6,9-12H2. The summed E-state index contributed by atoms with van der Waals surface area (Å²) in [7, 11) is 0. The molecule has 3 nitrogen and oxygen atoms in total. The molecule has 1 aromatic rings. The Hall–Kier alpha value is -1.61. The van der Waals surface area contributed by atoms with E-state index in [0.717, 1.165) is 31.5 Å². The van der Waals surface area contributed by atoms with E-state index in [4.69, 9.17) is 4.74 Å². The Morgan fingerprint density at radius 1 is 1.33 bits per heavy atom. The minimum absolute atomic E-state index is 0.0277. The molecule has 3 rings (SSSR count). The third kappa shape index (κ3) is 3.03. The minimum Gasteiger partial charge on any atom is -0.461 e. The molecule has 1 aliphatic heterocycles. The van der Waals surface area contributed by atoms with Crippen molar-refractivity contribution in [3.63, 3.8) is 0 Å². The van der Waals surface area contributed by atoms with Crippen molar-refractivity contribution >= 4 is 5.97 Å². The summed E-state index contributed by atoms with van der Waals surface area (Å²) in [4.78, 5) is 12.5. The van der Waals surface area contributed by atoms with Crippen LogP contribution in [0.1, 0.15) is 18.4 Å². The molecule has 0 spiro atoms. The normalized spacial score (nSPS) is 30.9.